The van der Waals surface area contributed by atoms with E-state index < -0.39 is 8.32 Å². The van der Waals surface area contributed by atoms with Gasteiger partial charge in [-0.15, -0.1) is 0 Å². The lowest BCUT2D eigenvalue weighted by molar-refractivity contribution is 0.101. The van der Waals surface area contributed by atoms with Crippen LogP contribution in [0.25, 0.3) is 11.1 Å². The van der Waals surface area contributed by atoms with Gasteiger partial charge in [0, 0.05) is 40.5 Å². The summed E-state index contributed by atoms with van der Waals surface area (Å²) < 4.78 is 21.6. The molecule has 0 saturated carbocycles. The Bertz CT molecular complexity index is 908. The molecule has 0 unspecified atom stereocenters. The first-order valence-corrected chi connectivity index (χ1v) is 14.7. The van der Waals surface area contributed by atoms with E-state index in [-0.39, 0.29) is 16.4 Å². The summed E-state index contributed by atoms with van der Waals surface area (Å²) >= 11 is 0. The van der Waals surface area contributed by atoms with Crippen molar-refractivity contribution in [3.63, 3.8) is 0 Å². The molecular weight excluding hydrogens is 417 g/mol. The minimum absolute atomic E-state index is 0.0911. The van der Waals surface area contributed by atoms with Crippen LogP contribution in [0.15, 0.2) is 30.6 Å². The Morgan fingerprint density at radius 1 is 1.03 bits per heavy atom. The Kier molecular flexibility index (Phi) is 7.28. The standard InChI is InChI=1S/C26H40FN3OSi/c1-25(2,3)30-14-12-19(13-15-30)24-28-16-21(17-29-24)22-11-9-10-20(23(22)27)18-31-32(7,8)26(4,5)6/h9-11,16-17,19H,12-15,18H2,1-8H3. The van der Waals surface area contributed by atoms with Gasteiger partial charge in [-0.3, -0.25) is 4.90 Å². The molecule has 0 N–H and O–H groups in total. The van der Waals surface area contributed by atoms with Crippen LogP contribution in [-0.4, -0.2) is 41.8 Å². The van der Waals surface area contributed by atoms with Gasteiger partial charge in [0.25, 0.3) is 0 Å². The minimum atomic E-state index is -1.95. The van der Waals surface area contributed by atoms with Crippen LogP contribution in [0.5, 0.6) is 0 Å². The SMILES string of the molecule is CC(C)(C)N1CCC(c2ncc(-c3cccc(CO[Si](C)(C)C(C)(C)C)c3F)cn2)CC1. The maximum absolute atomic E-state index is 15.3. The van der Waals surface area contributed by atoms with Gasteiger partial charge >= 0.3 is 0 Å². The highest BCUT2D eigenvalue weighted by molar-refractivity contribution is 6.74. The van der Waals surface area contributed by atoms with Crippen molar-refractivity contribution < 1.29 is 8.82 Å². The van der Waals surface area contributed by atoms with Crippen LogP contribution in [0, 0.1) is 5.82 Å². The predicted octanol–water partition coefficient (Wildman–Crippen LogP) is 6.78. The number of hydrogen-bond acceptors (Lipinski definition) is 4. The third kappa shape index (κ3) is 5.64. The van der Waals surface area contributed by atoms with E-state index in [0.717, 1.165) is 31.8 Å². The number of rotatable bonds is 5. The van der Waals surface area contributed by atoms with E-state index in [4.69, 9.17) is 4.43 Å². The molecule has 0 bridgehead atoms. The van der Waals surface area contributed by atoms with E-state index in [9.17, 15) is 0 Å². The molecule has 0 spiro atoms. The van der Waals surface area contributed by atoms with Gasteiger partial charge in [0.1, 0.15) is 11.6 Å². The van der Waals surface area contributed by atoms with Crippen LogP contribution < -0.4 is 0 Å². The fourth-order valence-corrected chi connectivity index (χ4v) is 4.83. The summed E-state index contributed by atoms with van der Waals surface area (Å²) in [6.45, 7) is 20.2. The molecule has 0 radical (unpaired) electrons. The zero-order valence-corrected chi connectivity index (χ0v) is 22.1. The second-order valence-corrected chi connectivity index (χ2v) is 16.4. The van der Waals surface area contributed by atoms with Crippen molar-refractivity contribution >= 4 is 8.32 Å². The molecule has 1 aromatic carbocycles. The highest BCUT2D eigenvalue weighted by Gasteiger charge is 2.37. The van der Waals surface area contributed by atoms with Crippen molar-refractivity contribution in [2.75, 3.05) is 13.1 Å². The molecule has 1 saturated heterocycles. The number of likely N-dealkylation sites (tertiary alicyclic amines) is 1. The van der Waals surface area contributed by atoms with Crippen molar-refractivity contribution in [1.82, 2.24) is 14.9 Å². The quantitative estimate of drug-likeness (QED) is 0.464. The van der Waals surface area contributed by atoms with Crippen molar-refractivity contribution in [1.29, 1.82) is 0 Å². The molecule has 2 heterocycles. The zero-order chi connectivity index (χ0) is 23.7. The summed E-state index contributed by atoms with van der Waals surface area (Å²) in [5.41, 5.74) is 2.04. The van der Waals surface area contributed by atoms with Crippen molar-refractivity contribution in [3.05, 3.63) is 47.8 Å². The number of piperidine rings is 1. The van der Waals surface area contributed by atoms with E-state index in [2.05, 4.69) is 69.5 Å². The molecule has 1 aromatic heterocycles. The third-order valence-electron chi connectivity index (χ3n) is 7.27. The second-order valence-electron chi connectivity index (χ2n) is 11.6. The summed E-state index contributed by atoms with van der Waals surface area (Å²) in [4.78, 5) is 11.8. The Balaban J connectivity index is 1.71. The molecular formula is C26H40FN3OSi. The number of halogens is 1. The molecule has 3 rings (SSSR count). The van der Waals surface area contributed by atoms with Gasteiger partial charge in [0.05, 0.1) is 6.61 Å². The molecule has 32 heavy (non-hydrogen) atoms. The maximum Gasteiger partial charge on any atom is 0.192 e. The van der Waals surface area contributed by atoms with Crippen LogP contribution in [0.2, 0.25) is 18.1 Å². The molecule has 4 nitrogen and oxygen atoms in total. The summed E-state index contributed by atoms with van der Waals surface area (Å²) in [6, 6.07) is 5.49. The fraction of sp³-hybridized carbons (Fsp3) is 0.615. The van der Waals surface area contributed by atoms with Crippen molar-refractivity contribution in [3.8, 4) is 11.1 Å². The third-order valence-corrected chi connectivity index (χ3v) is 11.7. The molecule has 0 atom stereocenters. The summed E-state index contributed by atoms with van der Waals surface area (Å²) in [6.07, 6.45) is 5.67. The predicted molar refractivity (Wildman–Crippen MR) is 133 cm³/mol. The fourth-order valence-electron chi connectivity index (χ4n) is 3.89. The first-order chi connectivity index (χ1) is 14.8. The van der Waals surface area contributed by atoms with E-state index in [1.807, 2.05) is 12.1 Å². The summed E-state index contributed by atoms with van der Waals surface area (Å²) in [5.74, 6) is 1.01. The summed E-state index contributed by atoms with van der Waals surface area (Å²) in [7, 11) is -1.95. The first kappa shape index (κ1) is 25.0. The van der Waals surface area contributed by atoms with Gasteiger partial charge < -0.3 is 4.43 Å². The van der Waals surface area contributed by atoms with E-state index in [1.54, 1.807) is 18.5 Å². The lowest BCUT2D eigenvalue weighted by Crippen LogP contribution is -2.45. The average molecular weight is 458 g/mol. The van der Waals surface area contributed by atoms with E-state index in [1.165, 1.54) is 0 Å². The summed E-state index contributed by atoms with van der Waals surface area (Å²) in [5, 5.41) is 0.0911. The van der Waals surface area contributed by atoms with Crippen LogP contribution in [-0.2, 0) is 11.0 Å². The topological polar surface area (TPSA) is 38.2 Å². The Hall–Kier alpha value is -1.63. The highest BCUT2D eigenvalue weighted by Crippen LogP contribution is 2.37. The smallest absolute Gasteiger partial charge is 0.192 e. The van der Waals surface area contributed by atoms with Crippen LogP contribution in [0.3, 0.4) is 0 Å². The number of hydrogen-bond donors (Lipinski definition) is 0. The Labute approximate surface area is 194 Å². The van der Waals surface area contributed by atoms with Gasteiger partial charge in [-0.1, -0.05) is 39.0 Å². The van der Waals surface area contributed by atoms with Gasteiger partial charge in [-0.2, -0.15) is 0 Å². The van der Waals surface area contributed by atoms with E-state index in [0.29, 0.717) is 29.2 Å². The van der Waals surface area contributed by atoms with Crippen LogP contribution in [0.4, 0.5) is 4.39 Å². The van der Waals surface area contributed by atoms with Crippen LogP contribution >= 0.6 is 0 Å². The van der Waals surface area contributed by atoms with Crippen molar-refractivity contribution in [2.45, 2.75) is 90.6 Å². The molecule has 176 valence electrons. The van der Waals surface area contributed by atoms with Gasteiger partial charge in [-0.25, -0.2) is 14.4 Å². The number of benzene rings is 1. The van der Waals surface area contributed by atoms with Gasteiger partial charge in [0.2, 0.25) is 0 Å². The highest BCUT2D eigenvalue weighted by atomic mass is 28.4. The molecule has 6 heteroatoms. The molecule has 0 amide bonds. The van der Waals surface area contributed by atoms with Gasteiger partial charge in [0.15, 0.2) is 8.32 Å². The lowest BCUT2D eigenvalue weighted by Gasteiger charge is -2.40. The molecule has 1 aliphatic rings. The number of aromatic nitrogens is 2. The van der Waals surface area contributed by atoms with Crippen molar-refractivity contribution in [2.24, 2.45) is 0 Å². The van der Waals surface area contributed by atoms with Crippen LogP contribution in [0.1, 0.15) is 71.7 Å². The molecule has 2 aromatic rings. The normalized spacial score (nSPS) is 17.0. The number of nitrogens with zero attached hydrogens (tertiary/aromatic N) is 3. The average Bonchev–Trinajstić information content (AvgIpc) is 2.72. The second kappa shape index (κ2) is 9.32. The monoisotopic (exact) mass is 457 g/mol. The molecule has 1 fully saturated rings. The Morgan fingerprint density at radius 3 is 2.16 bits per heavy atom. The molecule has 0 aliphatic carbocycles. The molecule has 1 aliphatic heterocycles. The first-order valence-electron chi connectivity index (χ1n) is 11.8. The Morgan fingerprint density at radius 2 is 1.62 bits per heavy atom. The van der Waals surface area contributed by atoms with Gasteiger partial charge in [-0.05, 0) is 64.8 Å². The largest absolute Gasteiger partial charge is 0.412 e. The zero-order valence-electron chi connectivity index (χ0n) is 21.1. The lowest BCUT2D eigenvalue weighted by atomic mass is 9.92. The minimum Gasteiger partial charge on any atom is -0.412 e. The van der Waals surface area contributed by atoms with E-state index >= 15 is 4.39 Å². The maximum atomic E-state index is 15.3.